The van der Waals surface area contributed by atoms with Crippen LogP contribution in [0.4, 0.5) is 4.79 Å². The molecule has 8 heteroatoms. The van der Waals surface area contributed by atoms with Crippen LogP contribution < -0.4 is 5.32 Å². The average Bonchev–Trinajstić information content (AvgIpc) is 2.99. The first-order chi connectivity index (χ1) is 11.0. The van der Waals surface area contributed by atoms with Crippen LogP contribution in [0, 0.1) is 0 Å². The van der Waals surface area contributed by atoms with Crippen molar-refractivity contribution >= 4 is 12.0 Å². The smallest absolute Gasteiger partial charge is 0.413 e. The van der Waals surface area contributed by atoms with Gasteiger partial charge >= 0.3 is 6.09 Å². The van der Waals surface area contributed by atoms with Crippen LogP contribution in [0.5, 0.6) is 0 Å². The fraction of sp³-hybridized carbons (Fsp3) is 0.688. The van der Waals surface area contributed by atoms with Crippen molar-refractivity contribution in [2.75, 3.05) is 0 Å². The lowest BCUT2D eigenvalue weighted by Gasteiger charge is -2.34. The minimum absolute atomic E-state index is 0.296. The van der Waals surface area contributed by atoms with Gasteiger partial charge in [0.15, 0.2) is 0 Å². The van der Waals surface area contributed by atoms with Crippen LogP contribution in [0.2, 0.25) is 0 Å². The maximum Gasteiger partial charge on any atom is 0.413 e. The molecule has 1 aromatic heterocycles. The molecule has 0 unspecified atom stereocenters. The van der Waals surface area contributed by atoms with Gasteiger partial charge in [0.05, 0.1) is 18.3 Å². The van der Waals surface area contributed by atoms with Crippen molar-refractivity contribution in [1.82, 2.24) is 20.4 Å². The molecular formula is C16H26N4O4. The molecular weight excluding hydrogens is 312 g/mol. The number of hydrogen-bond acceptors (Lipinski definition) is 5. The number of carbonyl (C=O) groups is 2. The summed E-state index contributed by atoms with van der Waals surface area (Å²) in [5, 5.41) is 9.41. The van der Waals surface area contributed by atoms with Crippen molar-refractivity contribution in [3.8, 4) is 0 Å². The molecule has 2 amide bonds. The molecule has 1 aliphatic rings. The van der Waals surface area contributed by atoms with Crippen LogP contribution in [0.15, 0.2) is 12.3 Å². The summed E-state index contributed by atoms with van der Waals surface area (Å²) in [6.45, 7) is 10.9. The summed E-state index contributed by atoms with van der Waals surface area (Å²) in [6, 6.07) is 1.00. The van der Waals surface area contributed by atoms with E-state index in [2.05, 4.69) is 15.5 Å². The van der Waals surface area contributed by atoms with Crippen molar-refractivity contribution in [3.05, 3.63) is 18.0 Å². The van der Waals surface area contributed by atoms with E-state index in [-0.39, 0.29) is 5.91 Å². The Morgan fingerprint density at radius 1 is 1.46 bits per heavy atom. The van der Waals surface area contributed by atoms with E-state index in [1.165, 1.54) is 4.90 Å². The lowest BCUT2D eigenvalue weighted by atomic mass is 10.1. The fourth-order valence-corrected chi connectivity index (χ4v) is 2.77. The molecule has 0 spiro atoms. The second-order valence-electron chi connectivity index (χ2n) is 7.36. The topological polar surface area (TPSA) is 96.5 Å². The summed E-state index contributed by atoms with van der Waals surface area (Å²) in [5.41, 5.74) is -0.814. The van der Waals surface area contributed by atoms with E-state index in [0.717, 1.165) is 5.69 Å². The summed E-state index contributed by atoms with van der Waals surface area (Å²) in [4.78, 5) is 26.6. The first kappa shape index (κ1) is 18.3. The van der Waals surface area contributed by atoms with Gasteiger partial charge in [-0.05, 0) is 47.6 Å². The van der Waals surface area contributed by atoms with Crippen molar-refractivity contribution in [2.24, 2.45) is 0 Å². The third-order valence-corrected chi connectivity index (χ3v) is 3.65. The van der Waals surface area contributed by atoms with E-state index in [4.69, 9.17) is 9.47 Å². The second-order valence-corrected chi connectivity index (χ2v) is 7.36. The third kappa shape index (κ3) is 4.05. The van der Waals surface area contributed by atoms with Crippen LogP contribution >= 0.6 is 0 Å². The zero-order valence-electron chi connectivity index (χ0n) is 15.0. The van der Waals surface area contributed by atoms with E-state index in [1.54, 1.807) is 53.8 Å². The molecule has 1 aliphatic heterocycles. The quantitative estimate of drug-likeness (QED) is 0.876. The number of ether oxygens (including phenoxy) is 2. The van der Waals surface area contributed by atoms with Crippen molar-refractivity contribution in [1.29, 1.82) is 0 Å². The van der Waals surface area contributed by atoms with Crippen LogP contribution in [-0.2, 0) is 20.8 Å². The van der Waals surface area contributed by atoms with Gasteiger partial charge in [-0.2, -0.15) is 5.10 Å². The number of H-pyrrole nitrogens is 1. The maximum absolute atomic E-state index is 12.6. The summed E-state index contributed by atoms with van der Waals surface area (Å²) in [5.74, 6) is -0.298. The minimum atomic E-state index is -0.933. The molecule has 2 rings (SSSR count). The van der Waals surface area contributed by atoms with E-state index in [9.17, 15) is 9.59 Å². The summed E-state index contributed by atoms with van der Waals surface area (Å²) >= 11 is 0. The highest BCUT2D eigenvalue weighted by molar-refractivity contribution is 5.87. The predicted octanol–water partition coefficient (Wildman–Crippen LogP) is 1.79. The van der Waals surface area contributed by atoms with Gasteiger partial charge in [0.1, 0.15) is 17.4 Å². The van der Waals surface area contributed by atoms with E-state index < -0.39 is 29.6 Å². The Balaban J connectivity index is 2.14. The molecule has 24 heavy (non-hydrogen) atoms. The Kier molecular flexibility index (Phi) is 4.89. The van der Waals surface area contributed by atoms with Crippen LogP contribution in [0.3, 0.4) is 0 Å². The van der Waals surface area contributed by atoms with E-state index in [1.807, 2.05) is 0 Å². The number of amides is 2. The highest BCUT2D eigenvalue weighted by Gasteiger charge is 2.52. The van der Waals surface area contributed by atoms with Crippen molar-refractivity contribution in [2.45, 2.75) is 71.6 Å². The van der Waals surface area contributed by atoms with Gasteiger partial charge in [-0.3, -0.25) is 14.8 Å². The lowest BCUT2D eigenvalue weighted by Crippen LogP contribution is -2.55. The predicted molar refractivity (Wildman–Crippen MR) is 86.9 cm³/mol. The minimum Gasteiger partial charge on any atom is -0.444 e. The zero-order valence-corrected chi connectivity index (χ0v) is 15.0. The van der Waals surface area contributed by atoms with Gasteiger partial charge in [-0.15, -0.1) is 0 Å². The molecule has 1 aromatic rings. The third-order valence-electron chi connectivity index (χ3n) is 3.65. The molecule has 134 valence electrons. The highest BCUT2D eigenvalue weighted by atomic mass is 16.6. The number of aromatic amines is 1. The van der Waals surface area contributed by atoms with Crippen LogP contribution in [0.1, 0.15) is 47.2 Å². The molecule has 1 fully saturated rings. The average molecular weight is 338 g/mol. The van der Waals surface area contributed by atoms with Gasteiger partial charge in [0.25, 0.3) is 0 Å². The zero-order chi connectivity index (χ0) is 18.1. The highest BCUT2D eigenvalue weighted by Crippen LogP contribution is 2.33. The van der Waals surface area contributed by atoms with Crippen molar-refractivity contribution in [3.63, 3.8) is 0 Å². The van der Waals surface area contributed by atoms with Gasteiger partial charge in [0.2, 0.25) is 5.91 Å². The lowest BCUT2D eigenvalue weighted by molar-refractivity contribution is -0.127. The number of nitrogens with zero attached hydrogens (tertiary/aromatic N) is 2. The van der Waals surface area contributed by atoms with Gasteiger partial charge in [-0.25, -0.2) is 4.79 Å². The number of nitrogens with one attached hydrogen (secondary N) is 2. The fourth-order valence-electron chi connectivity index (χ4n) is 2.77. The molecule has 2 heterocycles. The summed E-state index contributed by atoms with van der Waals surface area (Å²) in [7, 11) is 0. The Labute approximate surface area is 141 Å². The molecule has 0 aromatic carbocycles. The number of carbonyl (C=O) groups excluding carboxylic acids is 2. The van der Waals surface area contributed by atoms with E-state index >= 15 is 0 Å². The van der Waals surface area contributed by atoms with Gasteiger partial charge in [0, 0.05) is 6.20 Å². The molecule has 0 aliphatic carbocycles. The molecule has 0 radical (unpaired) electrons. The largest absolute Gasteiger partial charge is 0.444 e. The molecule has 0 bridgehead atoms. The first-order valence-corrected chi connectivity index (χ1v) is 7.97. The monoisotopic (exact) mass is 338 g/mol. The van der Waals surface area contributed by atoms with Crippen LogP contribution in [-0.4, -0.2) is 50.6 Å². The van der Waals surface area contributed by atoms with Crippen molar-refractivity contribution < 1.29 is 19.1 Å². The number of rotatable bonds is 3. The molecule has 8 nitrogen and oxygen atoms in total. The summed E-state index contributed by atoms with van der Waals surface area (Å²) in [6.07, 6.45) is 0.589. The van der Waals surface area contributed by atoms with E-state index in [0.29, 0.717) is 6.54 Å². The Morgan fingerprint density at radius 2 is 2.12 bits per heavy atom. The number of hydrogen-bond donors (Lipinski definition) is 2. The van der Waals surface area contributed by atoms with Gasteiger partial charge in [-0.1, -0.05) is 0 Å². The van der Waals surface area contributed by atoms with Gasteiger partial charge < -0.3 is 14.8 Å². The normalized spacial score (nSPS) is 23.2. The molecule has 1 saturated heterocycles. The second kappa shape index (κ2) is 6.43. The Morgan fingerprint density at radius 3 is 2.67 bits per heavy atom. The SMILES string of the molecule is C[C@@H]1OC(C)(C)N(C(=O)OC(C)(C)C)[C@H]1C(=O)NCc1ccn[nH]1. The Hall–Kier alpha value is -2.09. The maximum atomic E-state index is 12.6. The molecule has 2 N–H and O–H groups in total. The molecule has 2 atom stereocenters. The first-order valence-electron chi connectivity index (χ1n) is 7.97. The standard InChI is InChI=1S/C16H26N4O4/c1-10-12(13(21)17-9-11-7-8-18-19-11)20(16(5,6)23-10)14(22)24-15(2,3)4/h7-8,10,12H,9H2,1-6H3,(H,17,21)(H,18,19)/t10-,12+/m0/s1. The van der Waals surface area contributed by atoms with Crippen LogP contribution in [0.25, 0.3) is 0 Å². The Bertz CT molecular complexity index is 592. The summed E-state index contributed by atoms with van der Waals surface area (Å²) < 4.78 is 11.3. The number of aromatic nitrogens is 2. The molecule has 0 saturated carbocycles.